The smallest absolute Gasteiger partial charge is 0.141 e. The number of nitrogens with zero attached hydrogens (tertiary/aromatic N) is 1. The van der Waals surface area contributed by atoms with Gasteiger partial charge in [-0.05, 0) is 41.8 Å². The van der Waals surface area contributed by atoms with Gasteiger partial charge in [-0.1, -0.05) is 17.7 Å². The van der Waals surface area contributed by atoms with Crippen LogP contribution in [-0.4, -0.2) is 4.98 Å². The second-order valence-electron chi connectivity index (χ2n) is 3.92. The molecule has 88 valence electrons. The van der Waals surface area contributed by atoms with Gasteiger partial charge in [-0.2, -0.15) is 0 Å². The van der Waals surface area contributed by atoms with Gasteiger partial charge in [0.05, 0.1) is 12.2 Å². The maximum Gasteiger partial charge on any atom is 0.141 e. The van der Waals surface area contributed by atoms with E-state index in [-0.39, 0.29) is 0 Å². The Morgan fingerprint density at radius 2 is 2.06 bits per heavy atom. The van der Waals surface area contributed by atoms with Gasteiger partial charge in [0.1, 0.15) is 5.82 Å². The van der Waals surface area contributed by atoms with Crippen LogP contribution in [0.25, 0.3) is 0 Å². The van der Waals surface area contributed by atoms with Crippen LogP contribution < -0.4 is 5.73 Å². The second kappa shape index (κ2) is 4.82. The number of halogens is 2. The van der Waals surface area contributed by atoms with Gasteiger partial charge in [0, 0.05) is 11.2 Å². The van der Waals surface area contributed by atoms with Crippen LogP contribution in [0, 0.1) is 12.7 Å². The van der Waals surface area contributed by atoms with E-state index in [1.807, 2.05) is 13.0 Å². The summed E-state index contributed by atoms with van der Waals surface area (Å²) in [5.74, 6) is -0.391. The molecular formula is C13H12ClFN2. The fourth-order valence-electron chi connectivity index (χ4n) is 1.72. The summed E-state index contributed by atoms with van der Waals surface area (Å²) >= 11 is 5.93. The van der Waals surface area contributed by atoms with Gasteiger partial charge in [0.2, 0.25) is 0 Å². The highest BCUT2D eigenvalue weighted by molar-refractivity contribution is 6.30. The van der Waals surface area contributed by atoms with Crippen molar-refractivity contribution in [2.75, 3.05) is 0 Å². The summed E-state index contributed by atoms with van der Waals surface area (Å²) < 4.78 is 13.1. The Morgan fingerprint density at radius 3 is 2.76 bits per heavy atom. The first kappa shape index (κ1) is 12.0. The number of pyridine rings is 1. The molecule has 0 amide bonds. The summed E-state index contributed by atoms with van der Waals surface area (Å²) in [5.41, 5.74) is 8.62. The van der Waals surface area contributed by atoms with Gasteiger partial charge >= 0.3 is 0 Å². The quantitative estimate of drug-likeness (QED) is 0.889. The molecule has 2 aromatic rings. The summed E-state index contributed by atoms with van der Waals surface area (Å²) in [6, 6.07) is 6.46. The number of hydrogen-bond acceptors (Lipinski definition) is 2. The van der Waals surface area contributed by atoms with Gasteiger partial charge in [0.25, 0.3) is 0 Å². The molecule has 1 heterocycles. The normalized spacial score (nSPS) is 12.5. The Morgan fingerprint density at radius 1 is 1.29 bits per heavy atom. The highest BCUT2D eigenvalue weighted by atomic mass is 35.5. The lowest BCUT2D eigenvalue weighted by atomic mass is 9.97. The predicted octanol–water partition coefficient (Wildman–Crippen LogP) is 3.23. The summed E-state index contributed by atoms with van der Waals surface area (Å²) in [5, 5.41) is 0.616. The van der Waals surface area contributed by atoms with Gasteiger partial charge in [-0.15, -0.1) is 0 Å². The lowest BCUT2D eigenvalue weighted by molar-refractivity contribution is 0.616. The first-order valence-electron chi connectivity index (χ1n) is 5.20. The topological polar surface area (TPSA) is 38.9 Å². The molecule has 0 aliphatic rings. The van der Waals surface area contributed by atoms with E-state index in [1.54, 1.807) is 18.3 Å². The number of hydrogen-bond donors (Lipinski definition) is 1. The molecule has 1 atom stereocenters. The molecule has 0 saturated carbocycles. The van der Waals surface area contributed by atoms with E-state index in [1.165, 1.54) is 6.07 Å². The van der Waals surface area contributed by atoms with Crippen LogP contribution in [0.5, 0.6) is 0 Å². The second-order valence-corrected chi connectivity index (χ2v) is 4.35. The fraction of sp³-hybridized carbons (Fsp3) is 0.154. The zero-order valence-corrected chi connectivity index (χ0v) is 10.1. The van der Waals surface area contributed by atoms with Crippen molar-refractivity contribution >= 4 is 11.6 Å². The van der Waals surface area contributed by atoms with Crippen molar-refractivity contribution in [2.24, 2.45) is 5.73 Å². The summed E-state index contributed by atoms with van der Waals surface area (Å²) in [4.78, 5) is 3.79. The molecule has 2 rings (SSSR count). The molecule has 0 spiro atoms. The third-order valence-corrected chi connectivity index (χ3v) is 2.90. The van der Waals surface area contributed by atoms with Crippen molar-refractivity contribution in [2.45, 2.75) is 13.0 Å². The van der Waals surface area contributed by atoms with Crippen molar-refractivity contribution < 1.29 is 4.39 Å². The monoisotopic (exact) mass is 250 g/mol. The van der Waals surface area contributed by atoms with E-state index >= 15 is 0 Å². The molecule has 2 N–H and O–H groups in total. The van der Waals surface area contributed by atoms with Crippen molar-refractivity contribution in [3.05, 3.63) is 64.2 Å². The molecule has 0 aliphatic carbocycles. The number of nitrogens with two attached hydrogens (primary N) is 1. The first-order valence-corrected chi connectivity index (χ1v) is 5.58. The molecule has 1 aromatic heterocycles. The average molecular weight is 251 g/mol. The van der Waals surface area contributed by atoms with Crippen LogP contribution in [0.1, 0.15) is 22.7 Å². The van der Waals surface area contributed by atoms with E-state index in [2.05, 4.69) is 4.98 Å². The van der Waals surface area contributed by atoms with Gasteiger partial charge < -0.3 is 5.73 Å². The van der Waals surface area contributed by atoms with E-state index in [4.69, 9.17) is 17.3 Å². The van der Waals surface area contributed by atoms with Gasteiger partial charge in [0.15, 0.2) is 0 Å². The maximum absolute atomic E-state index is 13.1. The maximum atomic E-state index is 13.1. The van der Waals surface area contributed by atoms with E-state index in [0.717, 1.165) is 17.3 Å². The van der Waals surface area contributed by atoms with Crippen LogP contribution >= 0.6 is 11.6 Å². The van der Waals surface area contributed by atoms with Crippen molar-refractivity contribution in [1.29, 1.82) is 0 Å². The third-order valence-electron chi connectivity index (χ3n) is 2.66. The Hall–Kier alpha value is -1.45. The lowest BCUT2D eigenvalue weighted by Gasteiger charge is -2.15. The SMILES string of the molecule is Cc1ccc(Cl)cc1C(N)c1cncc(F)c1. The Kier molecular flexibility index (Phi) is 3.41. The highest BCUT2D eigenvalue weighted by Crippen LogP contribution is 2.25. The summed E-state index contributed by atoms with van der Waals surface area (Å²) in [7, 11) is 0. The summed E-state index contributed by atoms with van der Waals surface area (Å²) in [6.07, 6.45) is 2.72. The van der Waals surface area contributed by atoms with E-state index < -0.39 is 11.9 Å². The third kappa shape index (κ3) is 2.62. The zero-order valence-electron chi connectivity index (χ0n) is 9.32. The molecule has 4 heteroatoms. The van der Waals surface area contributed by atoms with Crippen LogP contribution in [0.4, 0.5) is 4.39 Å². The molecule has 0 radical (unpaired) electrons. The molecule has 2 nitrogen and oxygen atoms in total. The summed E-state index contributed by atoms with van der Waals surface area (Å²) in [6.45, 7) is 1.94. The Balaban J connectivity index is 2.43. The average Bonchev–Trinajstić information content (AvgIpc) is 2.31. The van der Waals surface area contributed by atoms with Crippen LogP contribution in [0.3, 0.4) is 0 Å². The van der Waals surface area contributed by atoms with Crippen LogP contribution in [0.15, 0.2) is 36.7 Å². The predicted molar refractivity (Wildman–Crippen MR) is 66.4 cm³/mol. The van der Waals surface area contributed by atoms with Crippen molar-refractivity contribution in [3.63, 3.8) is 0 Å². The molecule has 1 aromatic carbocycles. The molecule has 0 bridgehead atoms. The number of aromatic nitrogens is 1. The van der Waals surface area contributed by atoms with Crippen molar-refractivity contribution in [1.82, 2.24) is 4.98 Å². The molecule has 1 unspecified atom stereocenters. The van der Waals surface area contributed by atoms with Crippen LogP contribution in [-0.2, 0) is 0 Å². The van der Waals surface area contributed by atoms with Crippen molar-refractivity contribution in [3.8, 4) is 0 Å². The zero-order chi connectivity index (χ0) is 12.4. The molecule has 0 saturated heterocycles. The van der Waals surface area contributed by atoms with E-state index in [0.29, 0.717) is 10.6 Å². The Bertz CT molecular complexity index is 543. The highest BCUT2D eigenvalue weighted by Gasteiger charge is 2.12. The standard InChI is InChI=1S/C13H12ClFN2/c1-8-2-3-10(14)5-12(8)13(16)9-4-11(15)7-17-6-9/h2-7,13H,16H2,1H3. The van der Waals surface area contributed by atoms with E-state index in [9.17, 15) is 4.39 Å². The molecule has 0 aliphatic heterocycles. The minimum absolute atomic E-state index is 0.391. The number of aryl methyl sites for hydroxylation is 1. The van der Waals surface area contributed by atoms with Gasteiger partial charge in [-0.25, -0.2) is 4.39 Å². The number of benzene rings is 1. The Labute approximate surface area is 104 Å². The first-order chi connectivity index (χ1) is 8.08. The van der Waals surface area contributed by atoms with Gasteiger partial charge in [-0.3, -0.25) is 4.98 Å². The molecule has 17 heavy (non-hydrogen) atoms. The number of rotatable bonds is 2. The lowest BCUT2D eigenvalue weighted by Crippen LogP contribution is -2.13. The fourth-order valence-corrected chi connectivity index (χ4v) is 1.90. The minimum atomic E-state index is -0.420. The van der Waals surface area contributed by atoms with Crippen LogP contribution in [0.2, 0.25) is 5.02 Å². The largest absolute Gasteiger partial charge is 0.320 e. The minimum Gasteiger partial charge on any atom is -0.320 e. The molecular weight excluding hydrogens is 239 g/mol. The molecule has 0 fully saturated rings.